The summed E-state index contributed by atoms with van der Waals surface area (Å²) in [6.07, 6.45) is 4.83. The topological polar surface area (TPSA) is 39.7 Å². The van der Waals surface area contributed by atoms with Crippen molar-refractivity contribution in [1.82, 2.24) is 14.8 Å². The van der Waals surface area contributed by atoms with Gasteiger partial charge in [-0.05, 0) is 30.9 Å². The molecule has 23 heavy (non-hydrogen) atoms. The number of carbonyl (C=O) groups excluding carboxylic acids is 1. The second kappa shape index (κ2) is 7.77. The van der Waals surface area contributed by atoms with Crippen LogP contribution in [0.15, 0.2) is 24.4 Å². The Bertz CT molecular complexity index is 491. The summed E-state index contributed by atoms with van der Waals surface area (Å²) in [7, 11) is 0. The zero-order valence-corrected chi connectivity index (χ0v) is 14.2. The molecule has 3 heterocycles. The smallest absolute Gasteiger partial charge is 0.223 e. The fourth-order valence-electron chi connectivity index (χ4n) is 3.41. The lowest BCUT2D eigenvalue weighted by Crippen LogP contribution is -2.48. The molecule has 0 unspecified atom stereocenters. The fourth-order valence-corrected chi connectivity index (χ4v) is 3.41. The Kier molecular flexibility index (Phi) is 5.49. The van der Waals surface area contributed by atoms with E-state index in [-0.39, 0.29) is 0 Å². The number of pyridine rings is 1. The van der Waals surface area contributed by atoms with Crippen molar-refractivity contribution in [2.24, 2.45) is 5.92 Å². The molecular formula is C18H28N4O. The molecule has 0 atom stereocenters. The zero-order valence-electron chi connectivity index (χ0n) is 14.2. The SMILES string of the molecule is CC1CCN(C(=O)CCN2CCN(c3ccccn3)CC2)CC1. The van der Waals surface area contributed by atoms with Crippen molar-refractivity contribution < 1.29 is 4.79 Å². The van der Waals surface area contributed by atoms with E-state index >= 15 is 0 Å². The molecule has 0 spiro atoms. The summed E-state index contributed by atoms with van der Waals surface area (Å²) in [4.78, 5) is 23.5. The van der Waals surface area contributed by atoms with Gasteiger partial charge in [0.1, 0.15) is 5.82 Å². The van der Waals surface area contributed by atoms with Gasteiger partial charge in [-0.15, -0.1) is 0 Å². The van der Waals surface area contributed by atoms with Crippen LogP contribution >= 0.6 is 0 Å². The second-order valence-electron chi connectivity index (χ2n) is 6.83. The summed E-state index contributed by atoms with van der Waals surface area (Å²) >= 11 is 0. The van der Waals surface area contributed by atoms with Gasteiger partial charge in [0.25, 0.3) is 0 Å². The number of carbonyl (C=O) groups is 1. The summed E-state index contributed by atoms with van der Waals surface area (Å²) in [5.41, 5.74) is 0. The summed E-state index contributed by atoms with van der Waals surface area (Å²) in [5, 5.41) is 0. The van der Waals surface area contributed by atoms with E-state index < -0.39 is 0 Å². The van der Waals surface area contributed by atoms with Crippen LogP contribution in [-0.2, 0) is 4.79 Å². The number of rotatable bonds is 4. The molecule has 2 saturated heterocycles. The normalized spacial score (nSPS) is 20.7. The molecular weight excluding hydrogens is 288 g/mol. The number of anilines is 1. The molecule has 0 aliphatic carbocycles. The Morgan fingerprint density at radius 1 is 1.13 bits per heavy atom. The number of nitrogens with zero attached hydrogens (tertiary/aromatic N) is 4. The van der Waals surface area contributed by atoms with Gasteiger partial charge >= 0.3 is 0 Å². The minimum Gasteiger partial charge on any atom is -0.354 e. The number of amides is 1. The van der Waals surface area contributed by atoms with E-state index in [1.807, 2.05) is 18.3 Å². The Balaban J connectivity index is 1.38. The Hall–Kier alpha value is -1.62. The van der Waals surface area contributed by atoms with E-state index in [0.717, 1.165) is 70.4 Å². The molecule has 0 radical (unpaired) electrons. The maximum Gasteiger partial charge on any atom is 0.223 e. The minimum absolute atomic E-state index is 0.337. The number of likely N-dealkylation sites (tertiary alicyclic amines) is 1. The number of piperidine rings is 1. The monoisotopic (exact) mass is 316 g/mol. The first-order chi connectivity index (χ1) is 11.2. The van der Waals surface area contributed by atoms with E-state index in [1.54, 1.807) is 0 Å². The quantitative estimate of drug-likeness (QED) is 0.850. The highest BCUT2D eigenvalue weighted by atomic mass is 16.2. The lowest BCUT2D eigenvalue weighted by molar-refractivity contribution is -0.132. The van der Waals surface area contributed by atoms with Crippen LogP contribution in [0.1, 0.15) is 26.2 Å². The maximum absolute atomic E-state index is 12.3. The summed E-state index contributed by atoms with van der Waals surface area (Å²) in [5.74, 6) is 2.17. The molecule has 2 aliphatic rings. The van der Waals surface area contributed by atoms with E-state index in [0.29, 0.717) is 12.3 Å². The average molecular weight is 316 g/mol. The first-order valence-electron chi connectivity index (χ1n) is 8.88. The molecule has 2 aliphatic heterocycles. The lowest BCUT2D eigenvalue weighted by Gasteiger charge is -2.36. The number of piperazine rings is 1. The molecule has 0 aromatic carbocycles. The Morgan fingerprint density at radius 2 is 1.87 bits per heavy atom. The first kappa shape index (κ1) is 16.2. The highest BCUT2D eigenvalue weighted by Crippen LogP contribution is 2.17. The summed E-state index contributed by atoms with van der Waals surface area (Å²) in [6, 6.07) is 6.05. The fraction of sp³-hybridized carbons (Fsp3) is 0.667. The molecule has 1 amide bonds. The third-order valence-corrected chi connectivity index (χ3v) is 5.12. The number of hydrogen-bond acceptors (Lipinski definition) is 4. The molecule has 5 heteroatoms. The van der Waals surface area contributed by atoms with Crippen LogP contribution in [0.2, 0.25) is 0 Å². The van der Waals surface area contributed by atoms with E-state index in [9.17, 15) is 4.79 Å². The predicted molar refractivity (Wildman–Crippen MR) is 92.5 cm³/mol. The van der Waals surface area contributed by atoms with Crippen molar-refractivity contribution in [3.63, 3.8) is 0 Å². The van der Waals surface area contributed by atoms with Gasteiger partial charge in [0.05, 0.1) is 0 Å². The van der Waals surface area contributed by atoms with Gasteiger partial charge in [-0.3, -0.25) is 9.69 Å². The standard InChI is InChI=1S/C18H28N4O/c1-16-5-10-22(11-6-16)18(23)7-9-20-12-14-21(15-13-20)17-4-2-3-8-19-17/h2-4,8,16H,5-7,9-15H2,1H3. The van der Waals surface area contributed by atoms with Crippen LogP contribution in [0.5, 0.6) is 0 Å². The van der Waals surface area contributed by atoms with E-state index in [1.165, 1.54) is 0 Å². The molecule has 3 rings (SSSR count). The van der Waals surface area contributed by atoms with Gasteiger partial charge in [-0.1, -0.05) is 13.0 Å². The lowest BCUT2D eigenvalue weighted by atomic mass is 9.99. The van der Waals surface area contributed by atoms with Gasteiger partial charge in [0, 0.05) is 58.4 Å². The van der Waals surface area contributed by atoms with Gasteiger partial charge in [-0.25, -0.2) is 4.98 Å². The van der Waals surface area contributed by atoms with Crippen molar-refractivity contribution in [2.75, 3.05) is 50.7 Å². The zero-order chi connectivity index (χ0) is 16.1. The van der Waals surface area contributed by atoms with E-state index in [2.05, 4.69) is 32.7 Å². The molecule has 0 bridgehead atoms. The summed E-state index contributed by atoms with van der Waals surface area (Å²) in [6.45, 7) is 9.09. The predicted octanol–water partition coefficient (Wildman–Crippen LogP) is 1.85. The van der Waals surface area contributed by atoms with Crippen molar-refractivity contribution in [3.05, 3.63) is 24.4 Å². The highest BCUT2D eigenvalue weighted by molar-refractivity contribution is 5.76. The third-order valence-electron chi connectivity index (χ3n) is 5.12. The molecule has 0 N–H and O–H groups in total. The van der Waals surface area contributed by atoms with Crippen molar-refractivity contribution >= 4 is 11.7 Å². The second-order valence-corrected chi connectivity index (χ2v) is 6.83. The van der Waals surface area contributed by atoms with Gasteiger partial charge < -0.3 is 9.80 Å². The number of hydrogen-bond donors (Lipinski definition) is 0. The van der Waals surface area contributed by atoms with Crippen LogP contribution in [0.25, 0.3) is 0 Å². The van der Waals surface area contributed by atoms with Crippen molar-refractivity contribution in [3.8, 4) is 0 Å². The average Bonchev–Trinajstić information content (AvgIpc) is 2.61. The van der Waals surface area contributed by atoms with Crippen LogP contribution < -0.4 is 4.90 Å². The minimum atomic E-state index is 0.337. The van der Waals surface area contributed by atoms with Crippen LogP contribution in [0.3, 0.4) is 0 Å². The van der Waals surface area contributed by atoms with Crippen molar-refractivity contribution in [1.29, 1.82) is 0 Å². The molecule has 2 fully saturated rings. The molecule has 5 nitrogen and oxygen atoms in total. The van der Waals surface area contributed by atoms with Gasteiger partial charge in [0.2, 0.25) is 5.91 Å². The van der Waals surface area contributed by atoms with E-state index in [4.69, 9.17) is 0 Å². The van der Waals surface area contributed by atoms with Crippen LogP contribution in [-0.4, -0.2) is 66.5 Å². The van der Waals surface area contributed by atoms with Crippen molar-refractivity contribution in [2.45, 2.75) is 26.2 Å². The van der Waals surface area contributed by atoms with Gasteiger partial charge in [-0.2, -0.15) is 0 Å². The highest BCUT2D eigenvalue weighted by Gasteiger charge is 2.22. The molecule has 1 aromatic heterocycles. The molecule has 126 valence electrons. The van der Waals surface area contributed by atoms with Gasteiger partial charge in [0.15, 0.2) is 0 Å². The number of aromatic nitrogens is 1. The molecule has 0 saturated carbocycles. The third kappa shape index (κ3) is 4.44. The van der Waals surface area contributed by atoms with Crippen LogP contribution in [0, 0.1) is 5.92 Å². The maximum atomic E-state index is 12.3. The Labute approximate surface area is 139 Å². The first-order valence-corrected chi connectivity index (χ1v) is 8.88. The Morgan fingerprint density at radius 3 is 2.52 bits per heavy atom. The largest absolute Gasteiger partial charge is 0.354 e. The summed E-state index contributed by atoms with van der Waals surface area (Å²) < 4.78 is 0. The van der Waals surface area contributed by atoms with Crippen LogP contribution in [0.4, 0.5) is 5.82 Å². The molecule has 1 aromatic rings.